The van der Waals surface area contributed by atoms with Crippen LogP contribution in [0.3, 0.4) is 0 Å². The van der Waals surface area contributed by atoms with Gasteiger partial charge in [0.05, 0.1) is 4.88 Å². The van der Waals surface area contributed by atoms with Gasteiger partial charge in [0, 0.05) is 25.3 Å². The summed E-state index contributed by atoms with van der Waals surface area (Å²) in [5, 5.41) is 1.92. The van der Waals surface area contributed by atoms with Crippen molar-refractivity contribution >= 4 is 22.8 Å². The van der Waals surface area contributed by atoms with Crippen LogP contribution in [-0.2, 0) is 0 Å². The maximum Gasteiger partial charge on any atom is 0.202 e. The number of carbonyl (C=O) groups excluding carboxylic acids is 1. The summed E-state index contributed by atoms with van der Waals surface area (Å²) in [7, 11) is 3.96. The molecular weight excluding hydrogens is 218 g/mol. The molecule has 2 rings (SSSR count). The van der Waals surface area contributed by atoms with Crippen LogP contribution in [0, 0.1) is 0 Å². The van der Waals surface area contributed by atoms with Crippen molar-refractivity contribution in [1.82, 2.24) is 0 Å². The molecule has 0 spiro atoms. The van der Waals surface area contributed by atoms with Gasteiger partial charge in [-0.1, -0.05) is 6.07 Å². The molecule has 1 aromatic carbocycles. The molecule has 0 amide bonds. The number of rotatable bonds is 3. The first-order valence-corrected chi connectivity index (χ1v) is 5.92. The lowest BCUT2D eigenvalue weighted by molar-refractivity contribution is 0.104. The average Bonchev–Trinajstić information content (AvgIpc) is 2.81. The molecule has 0 aliphatic heterocycles. The van der Waals surface area contributed by atoms with Gasteiger partial charge in [-0.25, -0.2) is 0 Å². The summed E-state index contributed by atoms with van der Waals surface area (Å²) in [4.78, 5) is 14.8. The van der Waals surface area contributed by atoms with Gasteiger partial charge >= 0.3 is 0 Å². The van der Waals surface area contributed by atoms with Crippen LogP contribution in [0.15, 0.2) is 41.8 Å². The Hall–Kier alpha value is -1.61. The monoisotopic (exact) mass is 231 g/mol. The minimum absolute atomic E-state index is 0.0975. The third-order valence-electron chi connectivity index (χ3n) is 2.39. The van der Waals surface area contributed by atoms with Gasteiger partial charge < -0.3 is 4.90 Å². The molecule has 0 aliphatic carbocycles. The summed E-state index contributed by atoms with van der Waals surface area (Å²) in [6.45, 7) is 0. The van der Waals surface area contributed by atoms with Crippen LogP contribution >= 0.6 is 11.3 Å². The van der Waals surface area contributed by atoms with Crippen molar-refractivity contribution in [2.24, 2.45) is 0 Å². The highest BCUT2D eigenvalue weighted by atomic mass is 32.1. The summed E-state index contributed by atoms with van der Waals surface area (Å²) in [5.41, 5.74) is 1.84. The molecule has 0 unspecified atom stereocenters. The Bertz CT molecular complexity index is 471. The first kappa shape index (κ1) is 10.9. The fourth-order valence-corrected chi connectivity index (χ4v) is 2.15. The lowest BCUT2D eigenvalue weighted by Crippen LogP contribution is -2.08. The molecule has 0 atom stereocenters. The standard InChI is InChI=1S/C13H13NOS/c1-14(2)11-7-5-10(6-8-11)13(15)12-4-3-9-16-12/h3-9H,1-2H3. The van der Waals surface area contributed by atoms with Crippen LogP contribution in [0.5, 0.6) is 0 Å². The topological polar surface area (TPSA) is 20.3 Å². The number of hydrogen-bond acceptors (Lipinski definition) is 3. The molecule has 0 fully saturated rings. The lowest BCUT2D eigenvalue weighted by atomic mass is 10.1. The summed E-state index contributed by atoms with van der Waals surface area (Å²) in [5.74, 6) is 0.0975. The van der Waals surface area contributed by atoms with Crippen LogP contribution in [0.1, 0.15) is 15.2 Å². The molecule has 16 heavy (non-hydrogen) atoms. The van der Waals surface area contributed by atoms with Crippen molar-refractivity contribution in [1.29, 1.82) is 0 Å². The zero-order valence-corrected chi connectivity index (χ0v) is 10.1. The molecular formula is C13H13NOS. The smallest absolute Gasteiger partial charge is 0.202 e. The van der Waals surface area contributed by atoms with Gasteiger partial charge in [-0.3, -0.25) is 4.79 Å². The second-order valence-electron chi connectivity index (χ2n) is 3.75. The summed E-state index contributed by atoms with van der Waals surface area (Å²) < 4.78 is 0. The highest BCUT2D eigenvalue weighted by Gasteiger charge is 2.09. The molecule has 1 aromatic heterocycles. The van der Waals surface area contributed by atoms with Crippen molar-refractivity contribution < 1.29 is 4.79 Å². The number of ketones is 1. The fourth-order valence-electron chi connectivity index (χ4n) is 1.46. The SMILES string of the molecule is CN(C)c1ccc(C(=O)c2cccs2)cc1. The van der Waals surface area contributed by atoms with E-state index < -0.39 is 0 Å². The Kier molecular flexibility index (Phi) is 3.06. The highest BCUT2D eigenvalue weighted by molar-refractivity contribution is 7.12. The van der Waals surface area contributed by atoms with Gasteiger partial charge in [-0.05, 0) is 35.7 Å². The van der Waals surface area contributed by atoms with Crippen molar-refractivity contribution in [3.63, 3.8) is 0 Å². The molecule has 0 N–H and O–H groups in total. The third kappa shape index (κ3) is 2.14. The predicted molar refractivity (Wildman–Crippen MR) is 68.5 cm³/mol. The minimum atomic E-state index is 0.0975. The van der Waals surface area contributed by atoms with Crippen LogP contribution in [0.4, 0.5) is 5.69 Å². The Morgan fingerprint density at radius 3 is 2.31 bits per heavy atom. The highest BCUT2D eigenvalue weighted by Crippen LogP contribution is 2.18. The molecule has 82 valence electrons. The van der Waals surface area contributed by atoms with Gasteiger partial charge in [-0.2, -0.15) is 0 Å². The Morgan fingerprint density at radius 2 is 1.81 bits per heavy atom. The molecule has 0 saturated heterocycles. The number of thiophene rings is 1. The van der Waals surface area contributed by atoms with E-state index in [4.69, 9.17) is 0 Å². The van der Waals surface area contributed by atoms with E-state index in [1.807, 2.05) is 60.8 Å². The number of nitrogens with zero attached hydrogens (tertiary/aromatic N) is 1. The Morgan fingerprint density at radius 1 is 1.12 bits per heavy atom. The van der Waals surface area contributed by atoms with Gasteiger partial charge in [0.15, 0.2) is 0 Å². The summed E-state index contributed by atoms with van der Waals surface area (Å²) in [6.07, 6.45) is 0. The molecule has 0 saturated carbocycles. The second kappa shape index (κ2) is 4.49. The summed E-state index contributed by atoms with van der Waals surface area (Å²) in [6, 6.07) is 11.4. The zero-order chi connectivity index (χ0) is 11.5. The normalized spacial score (nSPS) is 10.1. The minimum Gasteiger partial charge on any atom is -0.378 e. The largest absolute Gasteiger partial charge is 0.378 e. The van der Waals surface area contributed by atoms with Crippen LogP contribution in [-0.4, -0.2) is 19.9 Å². The Labute approximate surface area is 99.1 Å². The van der Waals surface area contributed by atoms with E-state index in [0.29, 0.717) is 0 Å². The van der Waals surface area contributed by atoms with E-state index in [1.54, 1.807) is 0 Å². The van der Waals surface area contributed by atoms with Crippen LogP contribution in [0.2, 0.25) is 0 Å². The molecule has 3 heteroatoms. The first-order chi connectivity index (χ1) is 7.68. The first-order valence-electron chi connectivity index (χ1n) is 5.04. The van der Waals surface area contributed by atoms with E-state index in [9.17, 15) is 4.79 Å². The molecule has 1 heterocycles. The van der Waals surface area contributed by atoms with Crippen LogP contribution < -0.4 is 4.90 Å². The summed E-state index contributed by atoms with van der Waals surface area (Å²) >= 11 is 1.48. The maximum absolute atomic E-state index is 12.0. The van der Waals surface area contributed by atoms with E-state index in [2.05, 4.69) is 0 Å². The van der Waals surface area contributed by atoms with Gasteiger partial charge in [-0.15, -0.1) is 11.3 Å². The van der Waals surface area contributed by atoms with E-state index in [0.717, 1.165) is 16.1 Å². The predicted octanol–water partition coefficient (Wildman–Crippen LogP) is 3.05. The van der Waals surface area contributed by atoms with Crippen molar-refractivity contribution in [3.8, 4) is 0 Å². The number of benzene rings is 1. The van der Waals surface area contributed by atoms with Crippen molar-refractivity contribution in [3.05, 3.63) is 52.2 Å². The van der Waals surface area contributed by atoms with E-state index in [-0.39, 0.29) is 5.78 Å². The average molecular weight is 231 g/mol. The lowest BCUT2D eigenvalue weighted by Gasteiger charge is -2.12. The number of hydrogen-bond donors (Lipinski definition) is 0. The number of anilines is 1. The number of carbonyl (C=O) groups is 1. The maximum atomic E-state index is 12.0. The van der Waals surface area contributed by atoms with Gasteiger partial charge in [0.2, 0.25) is 5.78 Å². The fraction of sp³-hybridized carbons (Fsp3) is 0.154. The van der Waals surface area contributed by atoms with Crippen LogP contribution in [0.25, 0.3) is 0 Å². The zero-order valence-electron chi connectivity index (χ0n) is 9.31. The molecule has 0 aliphatic rings. The second-order valence-corrected chi connectivity index (χ2v) is 4.70. The molecule has 0 radical (unpaired) electrons. The van der Waals surface area contributed by atoms with Crippen molar-refractivity contribution in [2.45, 2.75) is 0 Å². The third-order valence-corrected chi connectivity index (χ3v) is 3.26. The van der Waals surface area contributed by atoms with E-state index in [1.165, 1.54) is 11.3 Å². The quantitative estimate of drug-likeness (QED) is 0.757. The van der Waals surface area contributed by atoms with Gasteiger partial charge in [0.1, 0.15) is 0 Å². The van der Waals surface area contributed by atoms with Crippen molar-refractivity contribution in [2.75, 3.05) is 19.0 Å². The molecule has 2 nitrogen and oxygen atoms in total. The Balaban J connectivity index is 2.25. The van der Waals surface area contributed by atoms with E-state index >= 15 is 0 Å². The molecule has 0 bridgehead atoms. The molecule has 2 aromatic rings. The van der Waals surface area contributed by atoms with Gasteiger partial charge in [0.25, 0.3) is 0 Å².